The molecule has 2 heterocycles. The Hall–Kier alpha value is -1.91. The molecule has 5 nitrogen and oxygen atoms in total. The van der Waals surface area contributed by atoms with Gasteiger partial charge in [0.05, 0.1) is 18.1 Å². The van der Waals surface area contributed by atoms with E-state index in [1.165, 1.54) is 0 Å². The Morgan fingerprint density at radius 2 is 2.06 bits per heavy atom. The van der Waals surface area contributed by atoms with Gasteiger partial charge in [-0.3, -0.25) is 4.98 Å². The van der Waals surface area contributed by atoms with Gasteiger partial charge in [-0.1, -0.05) is 13.8 Å². The Balaban J connectivity index is 2.47. The van der Waals surface area contributed by atoms with Crippen molar-refractivity contribution in [2.75, 3.05) is 12.4 Å². The summed E-state index contributed by atoms with van der Waals surface area (Å²) in [6.45, 7) is 4.21. The summed E-state index contributed by atoms with van der Waals surface area (Å²) in [5, 5.41) is 7.51. The zero-order valence-corrected chi connectivity index (χ0v) is 10.4. The third-order valence-electron chi connectivity index (χ3n) is 2.65. The van der Waals surface area contributed by atoms with Gasteiger partial charge in [0.25, 0.3) is 0 Å². The van der Waals surface area contributed by atoms with Crippen LogP contribution in [0.4, 0.5) is 5.82 Å². The zero-order chi connectivity index (χ0) is 12.3. The zero-order valence-electron chi connectivity index (χ0n) is 10.4. The monoisotopic (exact) mass is 231 g/mol. The molecule has 0 fully saturated rings. The molecule has 0 spiro atoms. The van der Waals surface area contributed by atoms with Gasteiger partial charge < -0.3 is 5.32 Å². The van der Waals surface area contributed by atoms with E-state index in [0.29, 0.717) is 0 Å². The highest BCUT2D eigenvalue weighted by Gasteiger charge is 2.09. The van der Waals surface area contributed by atoms with E-state index in [4.69, 9.17) is 0 Å². The summed E-state index contributed by atoms with van der Waals surface area (Å²) in [6, 6.07) is 2.12. The number of hydrogen-bond donors (Lipinski definition) is 1. The first-order valence-electron chi connectivity index (χ1n) is 5.86. The predicted octanol–water partition coefficient (Wildman–Crippen LogP) is 1.83. The minimum Gasteiger partial charge on any atom is -0.372 e. The first kappa shape index (κ1) is 11.6. The molecule has 1 N–H and O–H groups in total. The molecule has 0 bridgehead atoms. The maximum atomic E-state index is 4.53. The first-order valence-corrected chi connectivity index (χ1v) is 5.86. The van der Waals surface area contributed by atoms with Crippen molar-refractivity contribution in [2.45, 2.75) is 26.7 Å². The molecule has 90 valence electrons. The standard InChI is InChI=1S/C12H17N5/c1-4-9-6-10(5-2)17(16-9)12-8-14-7-11(13-3)15-12/h6-8H,4-5H2,1-3H3,(H,13,15). The van der Waals surface area contributed by atoms with Crippen LogP contribution in [0.15, 0.2) is 18.5 Å². The van der Waals surface area contributed by atoms with Gasteiger partial charge in [-0.25, -0.2) is 9.67 Å². The average Bonchev–Trinajstić information content (AvgIpc) is 2.82. The van der Waals surface area contributed by atoms with Crippen LogP contribution in [0, 0.1) is 0 Å². The maximum Gasteiger partial charge on any atom is 0.174 e. The minimum atomic E-state index is 0.748. The predicted molar refractivity (Wildman–Crippen MR) is 67.5 cm³/mol. The lowest BCUT2D eigenvalue weighted by Crippen LogP contribution is -2.06. The van der Waals surface area contributed by atoms with Gasteiger partial charge in [-0.15, -0.1) is 0 Å². The smallest absolute Gasteiger partial charge is 0.174 e. The Morgan fingerprint density at radius 1 is 1.24 bits per heavy atom. The Labute approximate surface area is 101 Å². The molecule has 0 saturated carbocycles. The molecule has 0 atom stereocenters. The van der Waals surface area contributed by atoms with Gasteiger partial charge in [0, 0.05) is 12.7 Å². The summed E-state index contributed by atoms with van der Waals surface area (Å²) in [5.41, 5.74) is 2.24. The number of aryl methyl sites for hydroxylation is 2. The van der Waals surface area contributed by atoms with Crippen LogP contribution in [0.2, 0.25) is 0 Å². The lowest BCUT2D eigenvalue weighted by molar-refractivity contribution is 0.768. The molecular weight excluding hydrogens is 214 g/mol. The van der Waals surface area contributed by atoms with E-state index in [9.17, 15) is 0 Å². The fraction of sp³-hybridized carbons (Fsp3) is 0.417. The van der Waals surface area contributed by atoms with Crippen LogP contribution >= 0.6 is 0 Å². The second-order valence-electron chi connectivity index (χ2n) is 3.76. The summed E-state index contributed by atoms with van der Waals surface area (Å²) in [6.07, 6.45) is 5.28. The van der Waals surface area contributed by atoms with Crippen molar-refractivity contribution in [3.63, 3.8) is 0 Å². The van der Waals surface area contributed by atoms with E-state index < -0.39 is 0 Å². The molecule has 2 aromatic rings. The van der Waals surface area contributed by atoms with E-state index in [-0.39, 0.29) is 0 Å². The van der Waals surface area contributed by atoms with Crippen LogP contribution in [0.5, 0.6) is 0 Å². The highest BCUT2D eigenvalue weighted by Crippen LogP contribution is 2.12. The fourth-order valence-electron chi connectivity index (χ4n) is 1.68. The molecule has 0 radical (unpaired) electrons. The molecule has 0 saturated heterocycles. The van der Waals surface area contributed by atoms with Gasteiger partial charge in [0.15, 0.2) is 5.82 Å². The lowest BCUT2D eigenvalue weighted by atomic mass is 10.3. The van der Waals surface area contributed by atoms with E-state index in [2.05, 4.69) is 40.3 Å². The second-order valence-corrected chi connectivity index (χ2v) is 3.76. The van der Waals surface area contributed by atoms with Crippen molar-refractivity contribution in [2.24, 2.45) is 0 Å². The quantitative estimate of drug-likeness (QED) is 0.872. The normalized spacial score (nSPS) is 10.5. The summed E-state index contributed by atoms with van der Waals surface area (Å²) in [5.74, 6) is 1.51. The number of anilines is 1. The number of rotatable bonds is 4. The maximum absolute atomic E-state index is 4.53. The number of hydrogen-bond acceptors (Lipinski definition) is 4. The van der Waals surface area contributed by atoms with Crippen molar-refractivity contribution in [3.05, 3.63) is 29.8 Å². The van der Waals surface area contributed by atoms with Crippen LogP contribution in [-0.4, -0.2) is 26.8 Å². The third-order valence-corrected chi connectivity index (χ3v) is 2.65. The van der Waals surface area contributed by atoms with E-state index >= 15 is 0 Å². The minimum absolute atomic E-state index is 0.748. The second kappa shape index (κ2) is 4.95. The third kappa shape index (κ3) is 2.27. The molecular formula is C12H17N5. The number of nitrogens with one attached hydrogen (secondary N) is 1. The molecule has 0 aliphatic rings. The van der Waals surface area contributed by atoms with Gasteiger partial charge in [0.1, 0.15) is 5.82 Å². The molecule has 17 heavy (non-hydrogen) atoms. The summed E-state index contributed by atoms with van der Waals surface area (Å²) in [7, 11) is 1.83. The van der Waals surface area contributed by atoms with Gasteiger partial charge in [-0.05, 0) is 18.9 Å². The SMILES string of the molecule is CCc1cc(CC)n(-c2cncc(NC)n2)n1. The number of nitrogens with zero attached hydrogens (tertiary/aromatic N) is 4. The average molecular weight is 231 g/mol. The lowest BCUT2D eigenvalue weighted by Gasteiger charge is -2.05. The molecule has 2 aromatic heterocycles. The molecule has 0 unspecified atom stereocenters. The highest BCUT2D eigenvalue weighted by molar-refractivity contribution is 5.35. The molecule has 0 aromatic carbocycles. The molecule has 0 aliphatic heterocycles. The number of aromatic nitrogens is 4. The van der Waals surface area contributed by atoms with Gasteiger partial charge >= 0.3 is 0 Å². The van der Waals surface area contributed by atoms with Crippen molar-refractivity contribution < 1.29 is 0 Å². The largest absolute Gasteiger partial charge is 0.372 e. The van der Waals surface area contributed by atoms with E-state index in [0.717, 1.165) is 35.9 Å². The van der Waals surface area contributed by atoms with E-state index in [1.807, 2.05) is 11.7 Å². The van der Waals surface area contributed by atoms with E-state index in [1.54, 1.807) is 12.4 Å². The van der Waals surface area contributed by atoms with Crippen LogP contribution in [0.25, 0.3) is 5.82 Å². The fourth-order valence-corrected chi connectivity index (χ4v) is 1.68. The van der Waals surface area contributed by atoms with Gasteiger partial charge in [-0.2, -0.15) is 5.10 Å². The Bertz CT molecular complexity index is 503. The van der Waals surface area contributed by atoms with Crippen LogP contribution < -0.4 is 5.32 Å². The topological polar surface area (TPSA) is 55.6 Å². The Morgan fingerprint density at radius 3 is 2.71 bits per heavy atom. The molecule has 5 heteroatoms. The van der Waals surface area contributed by atoms with Crippen LogP contribution in [0.3, 0.4) is 0 Å². The van der Waals surface area contributed by atoms with Crippen molar-refractivity contribution in [3.8, 4) is 5.82 Å². The van der Waals surface area contributed by atoms with Gasteiger partial charge in [0.2, 0.25) is 0 Å². The molecule has 0 amide bonds. The van der Waals surface area contributed by atoms with Crippen LogP contribution in [0.1, 0.15) is 25.2 Å². The summed E-state index contributed by atoms with van der Waals surface area (Å²) < 4.78 is 1.87. The van der Waals surface area contributed by atoms with Crippen molar-refractivity contribution in [1.29, 1.82) is 0 Å². The molecule has 2 rings (SSSR count). The highest BCUT2D eigenvalue weighted by atomic mass is 15.3. The first-order chi connectivity index (χ1) is 8.28. The van der Waals surface area contributed by atoms with Crippen molar-refractivity contribution >= 4 is 5.82 Å². The summed E-state index contributed by atoms with van der Waals surface area (Å²) >= 11 is 0. The molecule has 0 aliphatic carbocycles. The Kier molecular flexibility index (Phi) is 3.37. The summed E-state index contributed by atoms with van der Waals surface area (Å²) in [4.78, 5) is 8.60. The van der Waals surface area contributed by atoms with Crippen LogP contribution in [-0.2, 0) is 12.8 Å². The van der Waals surface area contributed by atoms with Crippen molar-refractivity contribution in [1.82, 2.24) is 19.7 Å².